The lowest BCUT2D eigenvalue weighted by atomic mass is 10.0. The molecule has 0 saturated carbocycles. The summed E-state index contributed by atoms with van der Waals surface area (Å²) in [5.74, 6) is 0.164. The van der Waals surface area contributed by atoms with Gasteiger partial charge in [-0.25, -0.2) is 13.9 Å². The average Bonchev–Trinajstić information content (AvgIpc) is 2.58. The number of ether oxygens (including phenoxy) is 1. The van der Waals surface area contributed by atoms with E-state index >= 15 is 0 Å². The molecule has 0 saturated heterocycles. The summed E-state index contributed by atoms with van der Waals surface area (Å²) in [5.41, 5.74) is 0.499. The number of halogens is 1. The third-order valence-corrected chi connectivity index (χ3v) is 4.38. The van der Waals surface area contributed by atoms with Crippen molar-refractivity contribution in [2.24, 2.45) is 5.92 Å². The molecule has 2 N–H and O–H groups in total. The Morgan fingerprint density at radius 1 is 1.40 bits per heavy atom. The first-order valence-corrected chi connectivity index (χ1v) is 9.07. The first kappa shape index (κ1) is 21.3. The van der Waals surface area contributed by atoms with Crippen molar-refractivity contribution in [1.29, 1.82) is 5.26 Å². The van der Waals surface area contributed by atoms with E-state index in [1.807, 2.05) is 13.0 Å². The van der Waals surface area contributed by atoms with Gasteiger partial charge in [0, 0.05) is 5.92 Å². The number of nitrogens with zero attached hydrogens (tertiary/aromatic N) is 1. The fourth-order valence-electron chi connectivity index (χ4n) is 2.39. The predicted octanol–water partition coefficient (Wildman–Crippen LogP) is 2.74. The Morgan fingerprint density at radius 3 is 2.52 bits per heavy atom. The second kappa shape index (κ2) is 11.0. The average molecular weight is 368 g/mol. The summed E-state index contributed by atoms with van der Waals surface area (Å²) in [5, 5.41) is 22.1. The number of benzene rings is 1. The molecule has 4 unspecified atom stereocenters. The van der Waals surface area contributed by atoms with E-state index in [0.29, 0.717) is 22.7 Å². The summed E-state index contributed by atoms with van der Waals surface area (Å²) >= 11 is 0.255. The predicted molar refractivity (Wildman–Crippen MR) is 97.1 cm³/mol. The topological polar surface area (TPSA) is 82.3 Å². The van der Waals surface area contributed by atoms with Gasteiger partial charge in [0.2, 0.25) is 0 Å². The van der Waals surface area contributed by atoms with E-state index in [1.165, 1.54) is 6.92 Å². The Kier molecular flexibility index (Phi) is 9.35. The number of alkyl halides is 1. The van der Waals surface area contributed by atoms with Crippen LogP contribution in [-0.4, -0.2) is 32.8 Å². The highest BCUT2D eigenvalue weighted by Crippen LogP contribution is 2.17. The fourth-order valence-corrected chi connectivity index (χ4v) is 2.81. The number of nitriles is 1. The maximum Gasteiger partial charge on any atom is 0.180 e. The highest BCUT2D eigenvalue weighted by Gasteiger charge is 2.25. The Labute approximate surface area is 151 Å². The molecule has 0 aliphatic rings. The van der Waals surface area contributed by atoms with Crippen molar-refractivity contribution in [3.63, 3.8) is 0 Å². The Hall–Kier alpha value is -1.75. The molecular formula is C18H25FN2O3S. The van der Waals surface area contributed by atoms with Crippen LogP contribution in [-0.2, 0) is 11.3 Å². The zero-order valence-electron chi connectivity index (χ0n) is 14.7. The van der Waals surface area contributed by atoms with Crippen LogP contribution in [0.2, 0.25) is 0 Å². The van der Waals surface area contributed by atoms with Gasteiger partial charge in [-0.1, -0.05) is 20.3 Å². The smallest absolute Gasteiger partial charge is 0.180 e. The van der Waals surface area contributed by atoms with E-state index in [4.69, 9.17) is 10.00 Å². The van der Waals surface area contributed by atoms with Crippen molar-refractivity contribution in [3.8, 4) is 11.8 Å². The van der Waals surface area contributed by atoms with Crippen molar-refractivity contribution in [3.05, 3.63) is 29.8 Å². The zero-order valence-corrected chi connectivity index (χ0v) is 15.6. The van der Waals surface area contributed by atoms with Crippen LogP contribution in [0.15, 0.2) is 24.3 Å². The van der Waals surface area contributed by atoms with Crippen LogP contribution in [0.4, 0.5) is 4.39 Å². The summed E-state index contributed by atoms with van der Waals surface area (Å²) in [6.45, 7) is 5.14. The van der Waals surface area contributed by atoms with Gasteiger partial charge in [-0.15, -0.1) is 0 Å². The van der Waals surface area contributed by atoms with E-state index in [2.05, 4.69) is 5.32 Å². The van der Waals surface area contributed by atoms with Crippen molar-refractivity contribution < 1.29 is 18.4 Å². The summed E-state index contributed by atoms with van der Waals surface area (Å²) in [4.78, 5) is 0.332. The molecule has 25 heavy (non-hydrogen) atoms. The standard InChI is InChI=1S/C18H25FN2O3S/c1-4-5-16(22)17(21-18(25-23)12(2)10-13(3)19)24-15-8-6-14(11-20)7-9-15/h6-9,12-13,16-17,21-22H,4-5,10H2,1-3H3. The van der Waals surface area contributed by atoms with Crippen LogP contribution in [0.5, 0.6) is 5.75 Å². The minimum atomic E-state index is -1.03. The van der Waals surface area contributed by atoms with Crippen LogP contribution >= 0.6 is 0 Å². The third-order valence-electron chi connectivity index (χ3n) is 3.68. The van der Waals surface area contributed by atoms with E-state index in [-0.39, 0.29) is 23.6 Å². The summed E-state index contributed by atoms with van der Waals surface area (Å²) in [7, 11) is 0. The summed E-state index contributed by atoms with van der Waals surface area (Å²) in [6.07, 6.45) is -1.26. The van der Waals surface area contributed by atoms with Crippen LogP contribution < -0.4 is 10.1 Å². The zero-order chi connectivity index (χ0) is 18.8. The number of hydrogen-bond acceptors (Lipinski definition) is 4. The van der Waals surface area contributed by atoms with Gasteiger partial charge < -0.3 is 9.84 Å². The molecule has 4 atom stereocenters. The molecule has 1 aromatic rings. The fraction of sp³-hybridized carbons (Fsp3) is 0.556. The largest absolute Gasteiger partial charge is 0.472 e. The summed E-state index contributed by atoms with van der Waals surface area (Å²) in [6, 6.07) is 8.50. The van der Waals surface area contributed by atoms with Gasteiger partial charge >= 0.3 is 0 Å². The van der Waals surface area contributed by atoms with E-state index < -0.39 is 18.5 Å². The van der Waals surface area contributed by atoms with E-state index in [9.17, 15) is 13.7 Å². The molecular weight excluding hydrogens is 343 g/mol. The van der Waals surface area contributed by atoms with Crippen LogP contribution in [0.3, 0.4) is 0 Å². The Bertz CT molecular complexity index is 624. The minimum Gasteiger partial charge on any atom is -0.472 e. The van der Waals surface area contributed by atoms with Crippen LogP contribution in [0.1, 0.15) is 45.6 Å². The number of rotatable bonds is 9. The number of aliphatic hydroxyl groups excluding tert-OH is 1. The monoisotopic (exact) mass is 368 g/mol. The van der Waals surface area contributed by atoms with Crippen LogP contribution in [0, 0.1) is 17.2 Å². The molecule has 1 rings (SSSR count). The lowest BCUT2D eigenvalue weighted by Crippen LogP contribution is -2.49. The molecule has 0 fully saturated rings. The lowest BCUT2D eigenvalue weighted by molar-refractivity contribution is 0.0214. The number of nitrogens with one attached hydrogen (secondary N) is 1. The molecule has 5 nitrogen and oxygen atoms in total. The highest BCUT2D eigenvalue weighted by molar-refractivity contribution is 7.66. The van der Waals surface area contributed by atoms with Gasteiger partial charge in [0.1, 0.15) is 23.1 Å². The normalized spacial score (nSPS) is 15.5. The lowest BCUT2D eigenvalue weighted by Gasteiger charge is -2.27. The van der Waals surface area contributed by atoms with Crippen molar-refractivity contribution in [2.45, 2.75) is 58.5 Å². The molecule has 1 aromatic carbocycles. The number of aliphatic hydroxyl groups is 1. The molecule has 0 heterocycles. The van der Waals surface area contributed by atoms with Crippen LogP contribution in [0.25, 0.3) is 0 Å². The van der Waals surface area contributed by atoms with E-state index in [0.717, 1.165) is 6.42 Å². The molecule has 0 aliphatic heterocycles. The molecule has 0 radical (unpaired) electrons. The highest BCUT2D eigenvalue weighted by atomic mass is 32.1. The Balaban J connectivity index is 2.91. The summed E-state index contributed by atoms with van der Waals surface area (Å²) < 4.78 is 30.4. The Morgan fingerprint density at radius 2 is 2.04 bits per heavy atom. The van der Waals surface area contributed by atoms with Crippen molar-refractivity contribution in [2.75, 3.05) is 0 Å². The van der Waals surface area contributed by atoms with Gasteiger partial charge in [0.15, 0.2) is 6.23 Å². The number of hydrogen-bond donors (Lipinski definition) is 2. The second-order valence-corrected chi connectivity index (χ2v) is 6.65. The van der Waals surface area contributed by atoms with Gasteiger partial charge in [0.05, 0.1) is 22.8 Å². The maximum atomic E-state index is 13.2. The quantitative estimate of drug-likeness (QED) is 0.517. The molecule has 0 amide bonds. The molecule has 0 aromatic heterocycles. The van der Waals surface area contributed by atoms with E-state index in [1.54, 1.807) is 31.2 Å². The van der Waals surface area contributed by atoms with Gasteiger partial charge in [-0.2, -0.15) is 5.26 Å². The van der Waals surface area contributed by atoms with Gasteiger partial charge in [0.25, 0.3) is 0 Å². The molecule has 0 spiro atoms. The van der Waals surface area contributed by atoms with Crippen molar-refractivity contribution in [1.82, 2.24) is 5.32 Å². The SMILES string of the molecule is CCCC(O)C(NC(=S=O)C(C)CC(C)F)Oc1ccc(C#N)cc1. The van der Waals surface area contributed by atoms with Gasteiger partial charge in [-0.3, -0.25) is 0 Å². The maximum absolute atomic E-state index is 13.2. The second-order valence-electron chi connectivity index (χ2n) is 6.04. The van der Waals surface area contributed by atoms with Gasteiger partial charge in [-0.05, 0) is 44.0 Å². The first-order valence-electron chi connectivity index (χ1n) is 8.33. The third kappa shape index (κ3) is 7.34. The molecule has 0 bridgehead atoms. The van der Waals surface area contributed by atoms with Crippen molar-refractivity contribution >= 4 is 16.2 Å². The first-order chi connectivity index (χ1) is 11.9. The minimum absolute atomic E-state index is 0.213. The molecule has 7 heteroatoms. The molecule has 0 aliphatic carbocycles. The molecule has 138 valence electrons.